The number of hydrogen-bond donors (Lipinski definition) is 1. The summed E-state index contributed by atoms with van der Waals surface area (Å²) in [5.41, 5.74) is 6.41. The molecule has 0 aliphatic rings. The second kappa shape index (κ2) is 5.16. The van der Waals surface area contributed by atoms with Crippen molar-refractivity contribution in [3.8, 4) is 0 Å². The topological polar surface area (TPSA) is 51.4 Å². The fourth-order valence-corrected chi connectivity index (χ4v) is 1.72. The normalized spacial score (nSPS) is 10.4. The lowest BCUT2D eigenvalue weighted by molar-refractivity contribution is 0.206. The molecular formula is C8H15N3OS. The van der Waals surface area contributed by atoms with Crippen LogP contribution in [0.4, 0.5) is 5.13 Å². The van der Waals surface area contributed by atoms with Crippen LogP contribution in [0.15, 0.2) is 5.38 Å². The van der Waals surface area contributed by atoms with Crippen LogP contribution in [0, 0.1) is 0 Å². The van der Waals surface area contributed by atoms with Gasteiger partial charge < -0.3 is 15.4 Å². The molecule has 0 aliphatic heterocycles. The SMILES string of the molecule is COCCN(C)c1nc(CN)cs1. The summed E-state index contributed by atoms with van der Waals surface area (Å²) in [5, 5.41) is 2.98. The monoisotopic (exact) mass is 201 g/mol. The lowest BCUT2D eigenvalue weighted by Crippen LogP contribution is -2.21. The van der Waals surface area contributed by atoms with Gasteiger partial charge in [0, 0.05) is 32.6 Å². The molecule has 0 spiro atoms. The quantitative estimate of drug-likeness (QED) is 0.761. The van der Waals surface area contributed by atoms with Gasteiger partial charge in [0.15, 0.2) is 5.13 Å². The first-order valence-corrected chi connectivity index (χ1v) is 5.00. The average molecular weight is 201 g/mol. The highest BCUT2D eigenvalue weighted by Crippen LogP contribution is 2.18. The maximum absolute atomic E-state index is 5.46. The number of methoxy groups -OCH3 is 1. The lowest BCUT2D eigenvalue weighted by Gasteiger charge is -2.14. The van der Waals surface area contributed by atoms with Gasteiger partial charge >= 0.3 is 0 Å². The standard InChI is InChI=1S/C8H15N3OS/c1-11(3-4-12-2)8-10-7(5-9)6-13-8/h6H,3-5,9H2,1-2H3. The van der Waals surface area contributed by atoms with Crippen molar-refractivity contribution >= 4 is 16.5 Å². The number of nitrogens with two attached hydrogens (primary N) is 1. The van der Waals surface area contributed by atoms with Crippen LogP contribution in [0.5, 0.6) is 0 Å². The Balaban J connectivity index is 2.50. The highest BCUT2D eigenvalue weighted by Gasteiger charge is 2.04. The molecule has 0 atom stereocenters. The van der Waals surface area contributed by atoms with E-state index in [1.807, 2.05) is 12.4 Å². The Morgan fingerprint density at radius 2 is 2.46 bits per heavy atom. The molecule has 0 radical (unpaired) electrons. The molecular weight excluding hydrogens is 186 g/mol. The molecule has 4 nitrogen and oxygen atoms in total. The van der Waals surface area contributed by atoms with Crippen LogP contribution in [-0.2, 0) is 11.3 Å². The zero-order valence-corrected chi connectivity index (χ0v) is 8.80. The Morgan fingerprint density at radius 1 is 1.69 bits per heavy atom. The summed E-state index contributed by atoms with van der Waals surface area (Å²) in [6, 6.07) is 0. The van der Waals surface area contributed by atoms with Crippen molar-refractivity contribution < 1.29 is 4.74 Å². The second-order valence-electron chi connectivity index (χ2n) is 2.74. The Bertz CT molecular complexity index is 251. The Labute approximate surface area is 82.3 Å². The Morgan fingerprint density at radius 3 is 3.00 bits per heavy atom. The molecule has 0 saturated heterocycles. The van der Waals surface area contributed by atoms with Gasteiger partial charge in [-0.25, -0.2) is 4.98 Å². The molecule has 0 bridgehead atoms. The minimum absolute atomic E-state index is 0.509. The number of anilines is 1. The molecule has 2 N–H and O–H groups in total. The zero-order chi connectivity index (χ0) is 9.68. The molecule has 0 fully saturated rings. The Hall–Kier alpha value is -0.650. The third kappa shape index (κ3) is 2.95. The number of aromatic nitrogens is 1. The minimum Gasteiger partial charge on any atom is -0.383 e. The highest BCUT2D eigenvalue weighted by molar-refractivity contribution is 7.13. The maximum Gasteiger partial charge on any atom is 0.185 e. The van der Waals surface area contributed by atoms with Crippen molar-refractivity contribution in [2.24, 2.45) is 5.73 Å². The van der Waals surface area contributed by atoms with Gasteiger partial charge in [0.2, 0.25) is 0 Å². The molecule has 1 heterocycles. The number of thiazole rings is 1. The third-order valence-corrected chi connectivity index (χ3v) is 2.71. The van der Waals surface area contributed by atoms with E-state index in [9.17, 15) is 0 Å². The van der Waals surface area contributed by atoms with Crippen LogP contribution < -0.4 is 10.6 Å². The van der Waals surface area contributed by atoms with Crippen LogP contribution in [0.1, 0.15) is 5.69 Å². The van der Waals surface area contributed by atoms with Crippen molar-refractivity contribution in [1.29, 1.82) is 0 Å². The van der Waals surface area contributed by atoms with Crippen molar-refractivity contribution in [3.05, 3.63) is 11.1 Å². The van der Waals surface area contributed by atoms with Crippen molar-refractivity contribution in [2.45, 2.75) is 6.54 Å². The number of rotatable bonds is 5. The van der Waals surface area contributed by atoms with E-state index in [4.69, 9.17) is 10.5 Å². The first kappa shape index (κ1) is 10.4. The largest absolute Gasteiger partial charge is 0.383 e. The summed E-state index contributed by atoms with van der Waals surface area (Å²) >= 11 is 1.61. The fourth-order valence-electron chi connectivity index (χ4n) is 0.889. The van der Waals surface area contributed by atoms with Gasteiger partial charge in [-0.1, -0.05) is 0 Å². The van der Waals surface area contributed by atoms with E-state index >= 15 is 0 Å². The molecule has 0 saturated carbocycles. The van der Waals surface area contributed by atoms with E-state index in [0.717, 1.165) is 17.4 Å². The van der Waals surface area contributed by atoms with Gasteiger partial charge in [0.25, 0.3) is 0 Å². The molecule has 5 heteroatoms. The van der Waals surface area contributed by atoms with Crippen LogP contribution in [0.25, 0.3) is 0 Å². The van der Waals surface area contributed by atoms with E-state index < -0.39 is 0 Å². The van der Waals surface area contributed by atoms with E-state index in [1.165, 1.54) is 0 Å². The zero-order valence-electron chi connectivity index (χ0n) is 7.99. The van der Waals surface area contributed by atoms with Crippen LogP contribution >= 0.6 is 11.3 Å². The minimum atomic E-state index is 0.509. The first-order chi connectivity index (χ1) is 6.27. The maximum atomic E-state index is 5.46. The molecule has 1 rings (SSSR count). The van der Waals surface area contributed by atoms with E-state index in [1.54, 1.807) is 18.4 Å². The predicted octanol–water partition coefficient (Wildman–Crippen LogP) is 0.684. The number of nitrogens with zero attached hydrogens (tertiary/aromatic N) is 2. The van der Waals surface area contributed by atoms with Gasteiger partial charge in [-0.15, -0.1) is 11.3 Å². The summed E-state index contributed by atoms with van der Waals surface area (Å²) < 4.78 is 4.98. The molecule has 0 amide bonds. The molecule has 13 heavy (non-hydrogen) atoms. The molecule has 0 unspecified atom stereocenters. The second-order valence-corrected chi connectivity index (χ2v) is 3.58. The van der Waals surface area contributed by atoms with Crippen LogP contribution in [0.3, 0.4) is 0 Å². The predicted molar refractivity (Wildman–Crippen MR) is 55.2 cm³/mol. The smallest absolute Gasteiger partial charge is 0.185 e. The average Bonchev–Trinajstić information content (AvgIpc) is 2.62. The first-order valence-electron chi connectivity index (χ1n) is 4.12. The van der Waals surface area contributed by atoms with Crippen molar-refractivity contribution in [2.75, 3.05) is 32.2 Å². The van der Waals surface area contributed by atoms with Gasteiger partial charge in [0.05, 0.1) is 12.3 Å². The fraction of sp³-hybridized carbons (Fsp3) is 0.625. The summed E-state index contributed by atoms with van der Waals surface area (Å²) in [6.45, 7) is 2.08. The lowest BCUT2D eigenvalue weighted by atomic mass is 10.5. The third-order valence-electron chi connectivity index (χ3n) is 1.71. The number of likely N-dealkylation sites (N-methyl/N-ethyl adjacent to an activating group) is 1. The highest BCUT2D eigenvalue weighted by atomic mass is 32.1. The summed E-state index contributed by atoms with van der Waals surface area (Å²) in [5.74, 6) is 0. The van der Waals surface area contributed by atoms with Crippen LogP contribution in [-0.4, -0.2) is 32.3 Å². The summed E-state index contributed by atoms with van der Waals surface area (Å²) in [4.78, 5) is 6.41. The molecule has 1 aromatic rings. The number of ether oxygens (including phenoxy) is 1. The van der Waals surface area contributed by atoms with Crippen molar-refractivity contribution in [1.82, 2.24) is 4.98 Å². The van der Waals surface area contributed by atoms with Crippen molar-refractivity contribution in [3.63, 3.8) is 0 Å². The summed E-state index contributed by atoms with van der Waals surface area (Å²) in [7, 11) is 3.69. The van der Waals surface area contributed by atoms with Gasteiger partial charge in [-0.3, -0.25) is 0 Å². The molecule has 1 aromatic heterocycles. The molecule has 74 valence electrons. The molecule has 0 aromatic carbocycles. The van der Waals surface area contributed by atoms with Crippen LogP contribution in [0.2, 0.25) is 0 Å². The van der Waals surface area contributed by atoms with Gasteiger partial charge in [0.1, 0.15) is 0 Å². The van der Waals surface area contributed by atoms with E-state index in [2.05, 4.69) is 9.88 Å². The van der Waals surface area contributed by atoms with E-state index in [-0.39, 0.29) is 0 Å². The Kier molecular flexibility index (Phi) is 4.14. The number of hydrogen-bond acceptors (Lipinski definition) is 5. The van der Waals surface area contributed by atoms with E-state index in [0.29, 0.717) is 13.2 Å². The van der Waals surface area contributed by atoms with Gasteiger partial charge in [-0.05, 0) is 0 Å². The summed E-state index contributed by atoms with van der Waals surface area (Å²) in [6.07, 6.45) is 0. The van der Waals surface area contributed by atoms with Gasteiger partial charge in [-0.2, -0.15) is 0 Å². The molecule has 0 aliphatic carbocycles.